The van der Waals surface area contributed by atoms with Gasteiger partial charge in [-0.15, -0.1) is 0 Å². The molecule has 0 aliphatic carbocycles. The van der Waals surface area contributed by atoms with E-state index in [-0.39, 0.29) is 22.9 Å². The van der Waals surface area contributed by atoms with Gasteiger partial charge in [-0.3, -0.25) is 19.8 Å². The molecule has 0 bridgehead atoms. The molecule has 4 rings (SSSR count). The zero-order chi connectivity index (χ0) is 21.8. The van der Waals surface area contributed by atoms with Crippen LogP contribution >= 0.6 is 0 Å². The van der Waals surface area contributed by atoms with Crippen LogP contribution in [0.4, 0.5) is 17.1 Å². The number of nitrogens with one attached hydrogen (secondary N) is 1. The molecule has 0 saturated carbocycles. The predicted molar refractivity (Wildman–Crippen MR) is 116 cm³/mol. The molecule has 1 N–H and O–H groups in total. The Balaban J connectivity index is 1.55. The lowest BCUT2D eigenvalue weighted by Gasteiger charge is -2.26. The van der Waals surface area contributed by atoms with E-state index < -0.39 is 4.92 Å². The van der Waals surface area contributed by atoms with E-state index >= 15 is 0 Å². The second-order valence-corrected chi connectivity index (χ2v) is 7.39. The molecule has 1 aliphatic rings. The van der Waals surface area contributed by atoms with E-state index in [2.05, 4.69) is 15.2 Å². The standard InChI is InChI=1S/C22H23N5O4/c1-25-8-7-23-22(25)21(28)17-5-6-19(20(14-17)27(29)30)24-18-4-2-3-16(13-18)15-26-9-11-31-12-10-26/h2-8,13-14,24H,9-12,15H2,1H3. The Labute approximate surface area is 179 Å². The largest absolute Gasteiger partial charge is 0.379 e. The van der Waals surface area contributed by atoms with Crippen molar-refractivity contribution in [2.45, 2.75) is 6.54 Å². The molecule has 0 radical (unpaired) electrons. The number of nitro groups is 1. The van der Waals surface area contributed by atoms with Gasteiger partial charge in [-0.1, -0.05) is 12.1 Å². The van der Waals surface area contributed by atoms with Gasteiger partial charge in [0.25, 0.3) is 5.69 Å². The van der Waals surface area contributed by atoms with Crippen molar-refractivity contribution in [3.8, 4) is 0 Å². The minimum absolute atomic E-state index is 0.168. The van der Waals surface area contributed by atoms with E-state index in [1.54, 1.807) is 29.9 Å². The number of hydrogen-bond acceptors (Lipinski definition) is 7. The molecule has 9 nitrogen and oxygen atoms in total. The number of nitrogens with zero attached hydrogens (tertiary/aromatic N) is 4. The third-order valence-electron chi connectivity index (χ3n) is 5.20. The summed E-state index contributed by atoms with van der Waals surface area (Å²) in [6, 6.07) is 12.2. The molecule has 2 heterocycles. The Morgan fingerprint density at radius 2 is 2.03 bits per heavy atom. The van der Waals surface area contributed by atoms with Crippen molar-refractivity contribution in [3.05, 3.63) is 81.9 Å². The van der Waals surface area contributed by atoms with Crippen molar-refractivity contribution >= 4 is 22.8 Å². The summed E-state index contributed by atoms with van der Waals surface area (Å²) in [5.41, 5.74) is 2.23. The molecular weight excluding hydrogens is 398 g/mol. The highest BCUT2D eigenvalue weighted by Gasteiger charge is 2.21. The van der Waals surface area contributed by atoms with Gasteiger partial charge in [-0.05, 0) is 29.8 Å². The number of ketones is 1. The van der Waals surface area contributed by atoms with Gasteiger partial charge in [-0.2, -0.15) is 0 Å². The topological polar surface area (TPSA) is 103 Å². The minimum atomic E-state index is -0.491. The molecule has 1 fully saturated rings. The molecule has 160 valence electrons. The van der Waals surface area contributed by atoms with E-state index in [0.29, 0.717) is 5.69 Å². The van der Waals surface area contributed by atoms with E-state index in [1.165, 1.54) is 12.3 Å². The first kappa shape index (κ1) is 20.7. The van der Waals surface area contributed by atoms with Crippen LogP contribution in [-0.2, 0) is 18.3 Å². The molecule has 0 atom stereocenters. The van der Waals surface area contributed by atoms with Crippen molar-refractivity contribution in [3.63, 3.8) is 0 Å². The number of carbonyl (C=O) groups is 1. The Hall–Kier alpha value is -3.56. The van der Waals surface area contributed by atoms with Crippen molar-refractivity contribution < 1.29 is 14.5 Å². The highest BCUT2D eigenvalue weighted by atomic mass is 16.6. The quantitative estimate of drug-likeness (QED) is 0.355. The van der Waals surface area contributed by atoms with Gasteiger partial charge in [-0.25, -0.2) is 4.98 Å². The first-order chi connectivity index (χ1) is 15.0. The average Bonchev–Trinajstić information content (AvgIpc) is 3.20. The number of anilines is 2. The molecule has 1 saturated heterocycles. The summed E-state index contributed by atoms with van der Waals surface area (Å²) in [5, 5.41) is 14.8. The fourth-order valence-corrected chi connectivity index (χ4v) is 3.56. The predicted octanol–water partition coefficient (Wildman–Crippen LogP) is 3.14. The highest BCUT2D eigenvalue weighted by molar-refractivity contribution is 6.07. The minimum Gasteiger partial charge on any atom is -0.379 e. The lowest BCUT2D eigenvalue weighted by molar-refractivity contribution is -0.383. The number of imidazole rings is 1. The van der Waals surface area contributed by atoms with Crippen molar-refractivity contribution in [2.75, 3.05) is 31.6 Å². The molecule has 3 aromatic rings. The van der Waals surface area contributed by atoms with Crippen LogP contribution in [0.15, 0.2) is 54.9 Å². The molecule has 31 heavy (non-hydrogen) atoms. The number of carbonyl (C=O) groups excluding carboxylic acids is 1. The van der Waals surface area contributed by atoms with Gasteiger partial charge >= 0.3 is 0 Å². The van der Waals surface area contributed by atoms with Crippen molar-refractivity contribution in [2.24, 2.45) is 7.05 Å². The van der Waals surface area contributed by atoms with Gasteiger partial charge in [0.2, 0.25) is 5.78 Å². The van der Waals surface area contributed by atoms with E-state index in [1.807, 2.05) is 24.3 Å². The summed E-state index contributed by atoms with van der Waals surface area (Å²) in [7, 11) is 1.70. The van der Waals surface area contributed by atoms with Gasteiger partial charge in [0.1, 0.15) is 5.69 Å². The summed E-state index contributed by atoms with van der Waals surface area (Å²) in [6.45, 7) is 4.02. The number of hydrogen-bond donors (Lipinski definition) is 1. The lowest BCUT2D eigenvalue weighted by atomic mass is 10.1. The van der Waals surface area contributed by atoms with Crippen LogP contribution in [0.1, 0.15) is 21.7 Å². The average molecular weight is 421 g/mol. The normalized spacial score (nSPS) is 14.4. The first-order valence-electron chi connectivity index (χ1n) is 9.98. The number of nitro benzene ring substituents is 1. The molecule has 1 aromatic heterocycles. The molecule has 9 heteroatoms. The van der Waals surface area contributed by atoms with Crippen LogP contribution in [-0.4, -0.2) is 51.5 Å². The summed E-state index contributed by atoms with van der Waals surface area (Å²) in [5.74, 6) is -0.138. The molecule has 2 aromatic carbocycles. The Kier molecular flexibility index (Phi) is 6.06. The summed E-state index contributed by atoms with van der Waals surface area (Å²) in [4.78, 5) is 30.2. The second kappa shape index (κ2) is 9.07. The Morgan fingerprint density at radius 1 is 1.23 bits per heavy atom. The zero-order valence-corrected chi connectivity index (χ0v) is 17.2. The lowest BCUT2D eigenvalue weighted by Crippen LogP contribution is -2.35. The third kappa shape index (κ3) is 4.79. The molecule has 0 unspecified atom stereocenters. The Bertz CT molecular complexity index is 1100. The fraction of sp³-hybridized carbons (Fsp3) is 0.273. The fourth-order valence-electron chi connectivity index (χ4n) is 3.56. The first-order valence-corrected chi connectivity index (χ1v) is 9.98. The number of benzene rings is 2. The number of aryl methyl sites for hydroxylation is 1. The molecule has 0 amide bonds. The number of rotatable bonds is 7. The van der Waals surface area contributed by atoms with Crippen LogP contribution in [0, 0.1) is 10.1 Å². The van der Waals surface area contributed by atoms with Gasteiger partial charge in [0, 0.05) is 56.4 Å². The summed E-state index contributed by atoms with van der Waals surface area (Å²) < 4.78 is 6.97. The van der Waals surface area contributed by atoms with E-state index in [9.17, 15) is 14.9 Å². The van der Waals surface area contributed by atoms with Crippen molar-refractivity contribution in [1.29, 1.82) is 0 Å². The van der Waals surface area contributed by atoms with Crippen LogP contribution < -0.4 is 5.32 Å². The summed E-state index contributed by atoms with van der Waals surface area (Å²) in [6.07, 6.45) is 3.17. The molecular formula is C22H23N5O4. The molecule has 1 aliphatic heterocycles. The second-order valence-electron chi connectivity index (χ2n) is 7.39. The monoisotopic (exact) mass is 421 g/mol. The van der Waals surface area contributed by atoms with Gasteiger partial charge in [0.15, 0.2) is 5.82 Å². The van der Waals surface area contributed by atoms with Crippen LogP contribution in [0.5, 0.6) is 0 Å². The van der Waals surface area contributed by atoms with Gasteiger partial charge in [0.05, 0.1) is 18.1 Å². The van der Waals surface area contributed by atoms with Gasteiger partial charge < -0.3 is 14.6 Å². The SMILES string of the molecule is Cn1ccnc1C(=O)c1ccc(Nc2cccc(CN3CCOCC3)c2)c([N+](=O)[O-])c1. The Morgan fingerprint density at radius 3 is 2.74 bits per heavy atom. The highest BCUT2D eigenvalue weighted by Crippen LogP contribution is 2.30. The smallest absolute Gasteiger partial charge is 0.293 e. The maximum absolute atomic E-state index is 12.7. The number of morpholine rings is 1. The zero-order valence-electron chi connectivity index (χ0n) is 17.2. The number of aromatic nitrogens is 2. The third-order valence-corrected chi connectivity index (χ3v) is 5.20. The van der Waals surface area contributed by atoms with Crippen LogP contribution in [0.2, 0.25) is 0 Å². The van der Waals surface area contributed by atoms with E-state index in [4.69, 9.17) is 4.74 Å². The van der Waals surface area contributed by atoms with Crippen LogP contribution in [0.3, 0.4) is 0 Å². The van der Waals surface area contributed by atoms with E-state index in [0.717, 1.165) is 44.1 Å². The van der Waals surface area contributed by atoms with Crippen molar-refractivity contribution in [1.82, 2.24) is 14.5 Å². The summed E-state index contributed by atoms with van der Waals surface area (Å²) >= 11 is 0. The molecule has 0 spiro atoms. The maximum atomic E-state index is 12.7. The number of ether oxygens (including phenoxy) is 1. The maximum Gasteiger partial charge on any atom is 0.293 e. The van der Waals surface area contributed by atoms with Crippen LogP contribution in [0.25, 0.3) is 0 Å².